The fourth-order valence-electron chi connectivity index (χ4n) is 4.61. The number of esters is 1. The first-order valence-corrected chi connectivity index (χ1v) is 10.7. The van der Waals surface area contributed by atoms with Gasteiger partial charge >= 0.3 is 5.97 Å². The minimum atomic E-state index is -0.266. The molecular formula is C25H30N2O2. The lowest BCUT2D eigenvalue weighted by molar-refractivity contribution is 0.0126. The summed E-state index contributed by atoms with van der Waals surface area (Å²) in [6.45, 7) is 4.79. The number of hydrazone groups is 1. The van der Waals surface area contributed by atoms with E-state index in [0.717, 1.165) is 24.1 Å². The summed E-state index contributed by atoms with van der Waals surface area (Å²) in [7, 11) is 0. The van der Waals surface area contributed by atoms with Crippen molar-refractivity contribution in [2.24, 2.45) is 10.5 Å². The van der Waals surface area contributed by atoms with Crippen molar-refractivity contribution in [3.63, 3.8) is 0 Å². The highest BCUT2D eigenvalue weighted by atomic mass is 16.5. The number of hydrogen-bond acceptors (Lipinski definition) is 4. The molecule has 4 nitrogen and oxygen atoms in total. The van der Waals surface area contributed by atoms with Crippen LogP contribution in [0.4, 0.5) is 0 Å². The first kappa shape index (κ1) is 19.7. The van der Waals surface area contributed by atoms with Gasteiger partial charge in [0.1, 0.15) is 6.61 Å². The quantitative estimate of drug-likeness (QED) is 0.651. The summed E-state index contributed by atoms with van der Waals surface area (Å²) >= 11 is 0. The third-order valence-electron chi connectivity index (χ3n) is 6.36. The number of hydrogen-bond donors (Lipinski definition) is 0. The molecule has 0 spiro atoms. The van der Waals surface area contributed by atoms with Gasteiger partial charge in [-0.1, -0.05) is 81.6 Å². The highest BCUT2D eigenvalue weighted by molar-refractivity contribution is 6.05. The van der Waals surface area contributed by atoms with Crippen molar-refractivity contribution in [1.29, 1.82) is 0 Å². The maximum absolute atomic E-state index is 12.6. The van der Waals surface area contributed by atoms with Gasteiger partial charge in [0.15, 0.2) is 0 Å². The lowest BCUT2D eigenvalue weighted by atomic mass is 9.77. The second-order valence-corrected chi connectivity index (χ2v) is 8.69. The Bertz CT molecular complexity index is 855. The van der Waals surface area contributed by atoms with Crippen molar-refractivity contribution in [1.82, 2.24) is 5.01 Å². The van der Waals surface area contributed by atoms with Crippen LogP contribution in [0.1, 0.15) is 61.9 Å². The largest absolute Gasteiger partial charge is 0.460 e. The van der Waals surface area contributed by atoms with Crippen LogP contribution in [0.3, 0.4) is 0 Å². The molecule has 0 radical (unpaired) electrons. The average Bonchev–Trinajstić information content (AvgIpc) is 3.04. The van der Waals surface area contributed by atoms with E-state index in [-0.39, 0.29) is 17.4 Å². The molecule has 0 saturated heterocycles. The molecule has 0 amide bonds. The molecule has 1 aliphatic heterocycles. The van der Waals surface area contributed by atoms with Crippen LogP contribution in [0.15, 0.2) is 65.8 Å². The summed E-state index contributed by atoms with van der Waals surface area (Å²) in [5, 5.41) is 7.39. The van der Waals surface area contributed by atoms with Crippen LogP contribution in [-0.4, -0.2) is 35.4 Å². The SMILES string of the molecule is CC1(C)C(c2ccccc2)=NN(C2CCCCC2)C1COC(=O)c1ccccc1. The van der Waals surface area contributed by atoms with Gasteiger partial charge in [0.25, 0.3) is 0 Å². The van der Waals surface area contributed by atoms with Gasteiger partial charge in [0, 0.05) is 11.5 Å². The van der Waals surface area contributed by atoms with Gasteiger partial charge in [-0.3, -0.25) is 5.01 Å². The fraction of sp³-hybridized carbons (Fsp3) is 0.440. The van der Waals surface area contributed by atoms with Gasteiger partial charge in [0.2, 0.25) is 0 Å². The van der Waals surface area contributed by atoms with Gasteiger partial charge in [-0.2, -0.15) is 5.10 Å². The van der Waals surface area contributed by atoms with Crippen molar-refractivity contribution < 1.29 is 9.53 Å². The van der Waals surface area contributed by atoms with Crippen LogP contribution >= 0.6 is 0 Å². The zero-order valence-electron chi connectivity index (χ0n) is 17.4. The van der Waals surface area contributed by atoms with E-state index in [9.17, 15) is 4.79 Å². The molecule has 4 rings (SSSR count). The molecule has 2 aliphatic rings. The molecule has 29 heavy (non-hydrogen) atoms. The summed E-state index contributed by atoms with van der Waals surface area (Å²) in [4.78, 5) is 12.6. The Kier molecular flexibility index (Phi) is 5.70. The predicted molar refractivity (Wildman–Crippen MR) is 116 cm³/mol. The van der Waals surface area contributed by atoms with Crippen molar-refractivity contribution in [2.45, 2.75) is 58.0 Å². The van der Waals surface area contributed by atoms with E-state index < -0.39 is 0 Å². The van der Waals surface area contributed by atoms with E-state index in [4.69, 9.17) is 9.84 Å². The van der Waals surface area contributed by atoms with E-state index in [2.05, 4.69) is 43.1 Å². The van der Waals surface area contributed by atoms with E-state index in [1.165, 1.54) is 19.3 Å². The monoisotopic (exact) mass is 390 g/mol. The summed E-state index contributed by atoms with van der Waals surface area (Å²) in [6, 6.07) is 20.1. The number of rotatable bonds is 5. The molecular weight excluding hydrogens is 360 g/mol. The Hall–Kier alpha value is -2.62. The topological polar surface area (TPSA) is 41.9 Å². The van der Waals surface area contributed by atoms with Crippen molar-refractivity contribution in [3.8, 4) is 0 Å². The average molecular weight is 391 g/mol. The predicted octanol–water partition coefficient (Wildman–Crippen LogP) is 5.29. The molecule has 1 saturated carbocycles. The molecule has 1 heterocycles. The van der Waals surface area contributed by atoms with Gasteiger partial charge in [0.05, 0.1) is 17.3 Å². The first-order chi connectivity index (χ1) is 14.1. The molecule has 2 aromatic carbocycles. The fourth-order valence-corrected chi connectivity index (χ4v) is 4.61. The molecule has 1 aliphatic carbocycles. The minimum Gasteiger partial charge on any atom is -0.460 e. The van der Waals surface area contributed by atoms with Gasteiger partial charge in [-0.25, -0.2) is 4.79 Å². The minimum absolute atomic E-state index is 0.0356. The smallest absolute Gasteiger partial charge is 0.338 e. The number of carbonyl (C=O) groups excluding carboxylic acids is 1. The molecule has 1 fully saturated rings. The van der Waals surface area contributed by atoms with Crippen molar-refractivity contribution in [3.05, 3.63) is 71.8 Å². The molecule has 0 N–H and O–H groups in total. The Morgan fingerprint density at radius 3 is 2.28 bits per heavy atom. The first-order valence-electron chi connectivity index (χ1n) is 10.7. The van der Waals surface area contributed by atoms with Crippen LogP contribution in [0.2, 0.25) is 0 Å². The van der Waals surface area contributed by atoms with E-state index >= 15 is 0 Å². The molecule has 2 aromatic rings. The molecule has 0 aromatic heterocycles. The zero-order valence-corrected chi connectivity index (χ0v) is 17.4. The van der Waals surface area contributed by atoms with Crippen LogP contribution in [0.5, 0.6) is 0 Å². The van der Waals surface area contributed by atoms with Crippen molar-refractivity contribution >= 4 is 11.7 Å². The van der Waals surface area contributed by atoms with E-state index in [0.29, 0.717) is 18.2 Å². The lowest BCUT2D eigenvalue weighted by Crippen LogP contribution is -2.48. The lowest BCUT2D eigenvalue weighted by Gasteiger charge is -2.38. The maximum Gasteiger partial charge on any atom is 0.338 e. The molecule has 1 unspecified atom stereocenters. The van der Waals surface area contributed by atoms with E-state index in [1.54, 1.807) is 12.1 Å². The Labute approximate surface area is 173 Å². The third-order valence-corrected chi connectivity index (χ3v) is 6.36. The van der Waals surface area contributed by atoms with Crippen LogP contribution < -0.4 is 0 Å². The molecule has 1 atom stereocenters. The molecule has 152 valence electrons. The third kappa shape index (κ3) is 4.07. The Balaban J connectivity index is 1.58. The highest BCUT2D eigenvalue weighted by Gasteiger charge is 2.47. The van der Waals surface area contributed by atoms with E-state index in [1.807, 2.05) is 24.3 Å². The summed E-state index contributed by atoms with van der Waals surface area (Å²) in [5.41, 5.74) is 2.62. The second-order valence-electron chi connectivity index (χ2n) is 8.69. The van der Waals surface area contributed by atoms with Gasteiger partial charge < -0.3 is 4.74 Å². The molecule has 0 bridgehead atoms. The standard InChI is InChI=1S/C25H30N2O2/c1-25(2)22(18-29-24(28)20-14-8-4-9-15-20)27(21-16-10-5-11-17-21)26-23(25)19-12-6-3-7-13-19/h3-4,6-9,12-15,21-22H,5,10-11,16-18H2,1-2H3. The molecule has 4 heteroatoms. The Morgan fingerprint density at radius 1 is 1.00 bits per heavy atom. The number of ether oxygens (including phenoxy) is 1. The van der Waals surface area contributed by atoms with Gasteiger partial charge in [-0.15, -0.1) is 0 Å². The summed E-state index contributed by atoms with van der Waals surface area (Å²) < 4.78 is 5.80. The maximum atomic E-state index is 12.6. The Morgan fingerprint density at radius 2 is 1.62 bits per heavy atom. The van der Waals surface area contributed by atoms with Crippen molar-refractivity contribution in [2.75, 3.05) is 6.61 Å². The number of benzene rings is 2. The summed E-state index contributed by atoms with van der Waals surface area (Å²) in [5.74, 6) is -0.266. The van der Waals surface area contributed by atoms with Crippen LogP contribution in [0, 0.1) is 5.41 Å². The zero-order chi connectivity index (χ0) is 20.3. The second kappa shape index (κ2) is 8.40. The number of carbonyl (C=O) groups is 1. The number of nitrogens with zero attached hydrogens (tertiary/aromatic N) is 2. The van der Waals surface area contributed by atoms with Gasteiger partial charge in [-0.05, 0) is 30.5 Å². The van der Waals surface area contributed by atoms with Crippen LogP contribution in [-0.2, 0) is 4.74 Å². The highest BCUT2D eigenvalue weighted by Crippen LogP contribution is 2.40. The van der Waals surface area contributed by atoms with Crippen LogP contribution in [0.25, 0.3) is 0 Å². The summed E-state index contributed by atoms with van der Waals surface area (Å²) in [6.07, 6.45) is 6.11. The normalized spacial score (nSPS) is 21.7.